The monoisotopic (exact) mass is 278 g/mol. The molecule has 0 atom stereocenters. The van der Waals surface area contributed by atoms with E-state index in [4.69, 9.17) is 11.6 Å². The van der Waals surface area contributed by atoms with Crippen LogP contribution in [0.5, 0.6) is 0 Å². The molecule has 1 N–H and O–H groups in total. The van der Waals surface area contributed by atoms with E-state index in [0.29, 0.717) is 13.1 Å². The van der Waals surface area contributed by atoms with Gasteiger partial charge in [0.1, 0.15) is 5.82 Å². The molecule has 0 aromatic heterocycles. The average molecular weight is 279 g/mol. The van der Waals surface area contributed by atoms with Crippen LogP contribution in [0.15, 0.2) is 23.1 Å². The van der Waals surface area contributed by atoms with Crippen molar-refractivity contribution >= 4 is 21.6 Å². The zero-order chi connectivity index (χ0) is 12.6. The molecule has 0 aliphatic carbocycles. The first-order chi connectivity index (χ1) is 7.93. The van der Waals surface area contributed by atoms with E-state index in [0.717, 1.165) is 12.1 Å². The summed E-state index contributed by atoms with van der Waals surface area (Å²) in [6.07, 6.45) is 0. The molecule has 1 aliphatic heterocycles. The van der Waals surface area contributed by atoms with Gasteiger partial charge >= 0.3 is 0 Å². The molecule has 0 spiro atoms. The van der Waals surface area contributed by atoms with E-state index in [1.165, 1.54) is 17.4 Å². The molecule has 0 bridgehead atoms. The van der Waals surface area contributed by atoms with Gasteiger partial charge in [-0.2, -0.15) is 4.31 Å². The second-order valence-corrected chi connectivity index (χ2v) is 6.31. The van der Waals surface area contributed by atoms with Crippen molar-refractivity contribution < 1.29 is 12.8 Å². The number of likely N-dealkylation sites (N-methyl/N-ethyl adjacent to an activating group) is 1. The topological polar surface area (TPSA) is 49.4 Å². The molecule has 0 radical (unpaired) electrons. The van der Waals surface area contributed by atoms with Crippen molar-refractivity contribution in [3.63, 3.8) is 0 Å². The molecule has 17 heavy (non-hydrogen) atoms. The molecule has 0 unspecified atom stereocenters. The van der Waals surface area contributed by atoms with Gasteiger partial charge in [-0.15, -0.1) is 0 Å². The second-order valence-electron chi connectivity index (χ2n) is 3.91. The SMILES string of the molecule is CN(C1CNC1)S(=O)(=O)c1ccc(F)c(Cl)c1. The molecule has 1 fully saturated rings. The van der Waals surface area contributed by atoms with E-state index in [1.807, 2.05) is 0 Å². The Morgan fingerprint density at radius 1 is 1.47 bits per heavy atom. The van der Waals surface area contributed by atoms with Crippen LogP contribution in [0, 0.1) is 5.82 Å². The van der Waals surface area contributed by atoms with Crippen LogP contribution >= 0.6 is 11.6 Å². The van der Waals surface area contributed by atoms with Gasteiger partial charge in [0, 0.05) is 26.2 Å². The van der Waals surface area contributed by atoms with Crippen molar-refractivity contribution in [3.05, 3.63) is 29.0 Å². The molecule has 4 nitrogen and oxygen atoms in total. The van der Waals surface area contributed by atoms with Crippen LogP contribution in [0.1, 0.15) is 0 Å². The number of halogens is 2. The van der Waals surface area contributed by atoms with E-state index < -0.39 is 15.8 Å². The Labute approximate surface area is 104 Å². The van der Waals surface area contributed by atoms with Crippen molar-refractivity contribution in [2.75, 3.05) is 20.1 Å². The summed E-state index contributed by atoms with van der Waals surface area (Å²) >= 11 is 5.58. The number of sulfonamides is 1. The van der Waals surface area contributed by atoms with Gasteiger partial charge in [0.05, 0.1) is 9.92 Å². The fraction of sp³-hybridized carbons (Fsp3) is 0.400. The summed E-state index contributed by atoms with van der Waals surface area (Å²) in [6, 6.07) is 3.36. The van der Waals surface area contributed by atoms with Gasteiger partial charge in [0.15, 0.2) is 0 Å². The predicted molar refractivity (Wildman–Crippen MR) is 63.0 cm³/mol. The summed E-state index contributed by atoms with van der Waals surface area (Å²) < 4.78 is 38.6. The zero-order valence-corrected chi connectivity index (χ0v) is 10.7. The molecule has 0 saturated carbocycles. The van der Waals surface area contributed by atoms with E-state index in [-0.39, 0.29) is 16.0 Å². The summed E-state index contributed by atoms with van der Waals surface area (Å²) in [5.41, 5.74) is 0. The van der Waals surface area contributed by atoms with Crippen LogP contribution in [0.4, 0.5) is 4.39 Å². The molecular formula is C10H12ClFN2O2S. The average Bonchev–Trinajstić information content (AvgIpc) is 2.19. The summed E-state index contributed by atoms with van der Waals surface area (Å²) in [5.74, 6) is -0.626. The summed E-state index contributed by atoms with van der Waals surface area (Å²) in [6.45, 7) is 1.26. The standard InChI is InChI=1S/C10H12ClFN2O2S/c1-14(7-5-13-6-7)17(15,16)8-2-3-10(12)9(11)4-8/h2-4,7,13H,5-6H2,1H3. The summed E-state index contributed by atoms with van der Waals surface area (Å²) in [5, 5.41) is 2.81. The molecule has 94 valence electrons. The first-order valence-electron chi connectivity index (χ1n) is 5.07. The van der Waals surface area contributed by atoms with Crippen LogP contribution in [-0.2, 0) is 10.0 Å². The Hall–Kier alpha value is -0.690. The molecule has 1 aromatic carbocycles. The molecule has 2 rings (SSSR count). The maximum Gasteiger partial charge on any atom is 0.243 e. The van der Waals surface area contributed by atoms with Crippen LogP contribution in [0.25, 0.3) is 0 Å². The Bertz CT molecular complexity index is 531. The third-order valence-corrected chi connectivity index (χ3v) is 5.04. The summed E-state index contributed by atoms with van der Waals surface area (Å²) in [7, 11) is -2.08. The molecule has 7 heteroatoms. The highest BCUT2D eigenvalue weighted by atomic mass is 35.5. The smallest absolute Gasteiger partial charge is 0.243 e. The minimum Gasteiger partial charge on any atom is -0.313 e. The minimum atomic E-state index is -3.60. The molecule has 1 aliphatic rings. The van der Waals surface area contributed by atoms with Crippen molar-refractivity contribution in [1.82, 2.24) is 9.62 Å². The van der Waals surface area contributed by atoms with Crippen molar-refractivity contribution in [2.45, 2.75) is 10.9 Å². The van der Waals surface area contributed by atoms with Crippen molar-refractivity contribution in [3.8, 4) is 0 Å². The maximum absolute atomic E-state index is 13.0. The highest BCUT2D eigenvalue weighted by Gasteiger charge is 2.31. The maximum atomic E-state index is 13.0. The van der Waals surface area contributed by atoms with E-state index in [9.17, 15) is 12.8 Å². The van der Waals surface area contributed by atoms with Gasteiger partial charge in [-0.1, -0.05) is 11.6 Å². The van der Waals surface area contributed by atoms with E-state index in [2.05, 4.69) is 5.32 Å². The second kappa shape index (κ2) is 4.53. The Kier molecular flexibility index (Phi) is 3.40. The number of nitrogens with one attached hydrogen (secondary N) is 1. The van der Waals surface area contributed by atoms with Gasteiger partial charge in [0.2, 0.25) is 10.0 Å². The molecule has 1 saturated heterocycles. The van der Waals surface area contributed by atoms with Crippen LogP contribution in [-0.4, -0.2) is 38.9 Å². The lowest BCUT2D eigenvalue weighted by molar-refractivity contribution is 0.274. The van der Waals surface area contributed by atoms with Gasteiger partial charge < -0.3 is 5.32 Å². The number of nitrogens with zero attached hydrogens (tertiary/aromatic N) is 1. The highest BCUT2D eigenvalue weighted by molar-refractivity contribution is 7.89. The molecule has 1 heterocycles. The number of rotatable bonds is 3. The normalized spacial score (nSPS) is 17.2. The van der Waals surface area contributed by atoms with Gasteiger partial charge in [-0.3, -0.25) is 0 Å². The molecule has 0 amide bonds. The first kappa shape index (κ1) is 12.8. The van der Waals surface area contributed by atoms with Gasteiger partial charge in [0.25, 0.3) is 0 Å². The minimum absolute atomic E-state index is 0.0123. The fourth-order valence-corrected chi connectivity index (χ4v) is 3.16. The highest BCUT2D eigenvalue weighted by Crippen LogP contribution is 2.23. The quantitative estimate of drug-likeness (QED) is 0.900. The zero-order valence-electron chi connectivity index (χ0n) is 9.15. The number of benzene rings is 1. The van der Waals surface area contributed by atoms with Crippen molar-refractivity contribution in [2.24, 2.45) is 0 Å². The van der Waals surface area contributed by atoms with Crippen LogP contribution in [0.2, 0.25) is 5.02 Å². The lowest BCUT2D eigenvalue weighted by Gasteiger charge is -2.34. The lowest BCUT2D eigenvalue weighted by atomic mass is 10.2. The lowest BCUT2D eigenvalue weighted by Crippen LogP contribution is -2.57. The Morgan fingerprint density at radius 2 is 2.12 bits per heavy atom. The first-order valence-corrected chi connectivity index (χ1v) is 6.88. The summed E-state index contributed by atoms with van der Waals surface area (Å²) in [4.78, 5) is 0.0123. The fourth-order valence-electron chi connectivity index (χ4n) is 1.53. The van der Waals surface area contributed by atoms with Crippen molar-refractivity contribution in [1.29, 1.82) is 0 Å². The van der Waals surface area contributed by atoms with Crippen LogP contribution < -0.4 is 5.32 Å². The van der Waals surface area contributed by atoms with Gasteiger partial charge in [-0.05, 0) is 18.2 Å². The van der Waals surface area contributed by atoms with Gasteiger partial charge in [-0.25, -0.2) is 12.8 Å². The molecule has 1 aromatic rings. The largest absolute Gasteiger partial charge is 0.313 e. The number of hydrogen-bond acceptors (Lipinski definition) is 3. The molecular weight excluding hydrogens is 267 g/mol. The van der Waals surface area contributed by atoms with Crippen LogP contribution in [0.3, 0.4) is 0 Å². The van der Waals surface area contributed by atoms with E-state index >= 15 is 0 Å². The Balaban J connectivity index is 2.33. The third kappa shape index (κ3) is 2.30. The number of hydrogen-bond donors (Lipinski definition) is 1. The predicted octanol–water partition coefficient (Wildman–Crippen LogP) is 1.07. The Morgan fingerprint density at radius 3 is 2.59 bits per heavy atom. The van der Waals surface area contributed by atoms with E-state index in [1.54, 1.807) is 0 Å². The third-order valence-electron chi connectivity index (χ3n) is 2.84.